The third kappa shape index (κ3) is 14.9. The minimum atomic E-state index is -1.23. The van der Waals surface area contributed by atoms with E-state index >= 15 is 0 Å². The van der Waals surface area contributed by atoms with Crippen LogP contribution in [0.25, 0.3) is 0 Å². The highest BCUT2D eigenvalue weighted by molar-refractivity contribution is 5.74. The normalized spacial score (nSPS) is 13.5. The van der Waals surface area contributed by atoms with E-state index < -0.39 is 12.3 Å². The van der Waals surface area contributed by atoms with E-state index in [0.29, 0.717) is 0 Å². The number of ether oxygens (including phenoxy) is 1. The van der Waals surface area contributed by atoms with Gasteiger partial charge in [0.25, 0.3) is 0 Å². The molecule has 0 saturated carbocycles. The van der Waals surface area contributed by atoms with Crippen LogP contribution >= 0.6 is 0 Å². The molecule has 0 saturated heterocycles. The summed E-state index contributed by atoms with van der Waals surface area (Å²) in [5, 5.41) is 9.27. The number of esters is 1. The van der Waals surface area contributed by atoms with Gasteiger partial charge in [-0.15, -0.1) is 6.58 Å². The van der Waals surface area contributed by atoms with Crippen LogP contribution < -0.4 is 0 Å². The highest BCUT2D eigenvalue weighted by atomic mass is 16.6. The third-order valence-corrected chi connectivity index (χ3v) is 4.55. The zero-order valence-electron chi connectivity index (χ0n) is 16.8. The molecule has 3 nitrogen and oxygen atoms in total. The molecule has 0 amide bonds. The number of hydrogen-bond donors (Lipinski definition) is 1. The smallest absolute Gasteiger partial charge is 0.315 e. The van der Waals surface area contributed by atoms with E-state index in [1.807, 2.05) is 0 Å². The minimum absolute atomic E-state index is 0.346. The number of aliphatic hydroxyl groups is 1. The fraction of sp³-hybridized carbons (Fsp3) is 0.696. The Hall–Kier alpha value is -1.35. The summed E-state index contributed by atoms with van der Waals surface area (Å²) in [7, 11) is 0. The Morgan fingerprint density at radius 1 is 0.885 bits per heavy atom. The highest BCUT2D eigenvalue weighted by Crippen LogP contribution is 2.15. The van der Waals surface area contributed by atoms with Crippen LogP contribution in [0.3, 0.4) is 0 Å². The first-order valence-corrected chi connectivity index (χ1v) is 10.4. The summed E-state index contributed by atoms with van der Waals surface area (Å²) in [6.45, 7) is 9.32. The number of aliphatic hydroxyl groups excluding tert-OH is 1. The van der Waals surface area contributed by atoms with Gasteiger partial charge in [0.05, 0.1) is 5.92 Å². The molecule has 3 heteroatoms. The van der Waals surface area contributed by atoms with Crippen LogP contribution in [0.1, 0.15) is 90.4 Å². The number of hydrogen-bond acceptors (Lipinski definition) is 3. The molecule has 0 fully saturated rings. The molecule has 0 bridgehead atoms. The van der Waals surface area contributed by atoms with Crippen molar-refractivity contribution in [1.29, 1.82) is 0 Å². The van der Waals surface area contributed by atoms with E-state index in [4.69, 9.17) is 4.74 Å². The molecule has 0 aromatic carbocycles. The Bertz CT molecular complexity index is 387. The van der Waals surface area contributed by atoms with Gasteiger partial charge >= 0.3 is 5.97 Å². The molecule has 2 atom stereocenters. The van der Waals surface area contributed by atoms with Gasteiger partial charge in [-0.3, -0.25) is 4.79 Å². The van der Waals surface area contributed by atoms with Crippen molar-refractivity contribution in [3.63, 3.8) is 0 Å². The van der Waals surface area contributed by atoms with Crippen molar-refractivity contribution in [2.24, 2.45) is 5.92 Å². The lowest BCUT2D eigenvalue weighted by Crippen LogP contribution is -2.21. The molecule has 0 heterocycles. The second kappa shape index (κ2) is 18.4. The second-order valence-electron chi connectivity index (χ2n) is 6.92. The van der Waals surface area contributed by atoms with Crippen LogP contribution in [0.5, 0.6) is 0 Å². The molecule has 2 unspecified atom stereocenters. The largest absolute Gasteiger partial charge is 0.432 e. The molecule has 0 spiro atoms. The molecular formula is C23H40O3. The lowest BCUT2D eigenvalue weighted by Gasteiger charge is -2.13. The van der Waals surface area contributed by atoms with Crippen molar-refractivity contribution >= 4 is 5.97 Å². The zero-order valence-corrected chi connectivity index (χ0v) is 16.8. The van der Waals surface area contributed by atoms with Gasteiger partial charge in [0, 0.05) is 0 Å². The summed E-state index contributed by atoms with van der Waals surface area (Å²) < 4.78 is 4.84. The predicted molar refractivity (Wildman–Crippen MR) is 111 cm³/mol. The van der Waals surface area contributed by atoms with E-state index in [1.54, 1.807) is 6.08 Å². The van der Waals surface area contributed by atoms with Crippen LogP contribution in [0.15, 0.2) is 37.5 Å². The molecule has 0 aromatic rings. The van der Waals surface area contributed by atoms with Gasteiger partial charge < -0.3 is 9.84 Å². The second-order valence-corrected chi connectivity index (χ2v) is 6.92. The highest BCUT2D eigenvalue weighted by Gasteiger charge is 2.18. The van der Waals surface area contributed by atoms with Gasteiger partial charge in [-0.2, -0.15) is 0 Å². The SMILES string of the molecule is C=CC(O)OC(=O)C(C=C)CCCCCC/C=C\CCCCCCCC. The first-order valence-electron chi connectivity index (χ1n) is 10.4. The molecule has 150 valence electrons. The number of rotatable bonds is 18. The fourth-order valence-corrected chi connectivity index (χ4v) is 2.84. The molecule has 0 rings (SSSR count). The molecule has 0 aliphatic heterocycles. The van der Waals surface area contributed by atoms with E-state index in [-0.39, 0.29) is 5.92 Å². The summed E-state index contributed by atoms with van der Waals surface area (Å²) in [5.41, 5.74) is 0. The number of unbranched alkanes of at least 4 members (excludes halogenated alkanes) is 10. The van der Waals surface area contributed by atoms with Gasteiger partial charge in [0.1, 0.15) is 0 Å². The third-order valence-electron chi connectivity index (χ3n) is 4.55. The Morgan fingerprint density at radius 2 is 1.42 bits per heavy atom. The van der Waals surface area contributed by atoms with Crippen molar-refractivity contribution in [1.82, 2.24) is 0 Å². The van der Waals surface area contributed by atoms with Crippen LogP contribution in [0.2, 0.25) is 0 Å². The van der Waals surface area contributed by atoms with Crippen molar-refractivity contribution in [3.8, 4) is 0 Å². The Morgan fingerprint density at radius 3 is 1.96 bits per heavy atom. The number of allylic oxidation sites excluding steroid dienone is 2. The van der Waals surface area contributed by atoms with Crippen molar-refractivity contribution in [3.05, 3.63) is 37.5 Å². The standard InChI is InChI=1S/C23H40O3/c1-4-7-8-9-10-11-12-13-14-15-16-17-18-19-20-21(5-2)23(25)26-22(24)6-3/h5-6,13-14,21-22,24H,2-4,7-12,15-20H2,1H3/b14-13-. The molecule has 0 aliphatic rings. The Kier molecular flexibility index (Phi) is 17.5. The lowest BCUT2D eigenvalue weighted by molar-refractivity contribution is -0.164. The first kappa shape index (κ1) is 24.7. The topological polar surface area (TPSA) is 46.5 Å². The summed E-state index contributed by atoms with van der Waals surface area (Å²) >= 11 is 0. The van der Waals surface area contributed by atoms with Crippen LogP contribution in [-0.2, 0) is 9.53 Å². The van der Waals surface area contributed by atoms with E-state index in [1.165, 1.54) is 63.9 Å². The monoisotopic (exact) mass is 364 g/mol. The zero-order chi connectivity index (χ0) is 19.5. The summed E-state index contributed by atoms with van der Waals surface area (Å²) in [5.74, 6) is -0.771. The fourth-order valence-electron chi connectivity index (χ4n) is 2.84. The van der Waals surface area contributed by atoms with Crippen molar-refractivity contribution in [2.45, 2.75) is 96.7 Å². The maximum Gasteiger partial charge on any atom is 0.315 e. The molecule has 0 aromatic heterocycles. The van der Waals surface area contributed by atoms with E-state index in [2.05, 4.69) is 32.2 Å². The van der Waals surface area contributed by atoms with E-state index in [0.717, 1.165) is 25.7 Å². The predicted octanol–water partition coefficient (Wildman–Crippen LogP) is 6.48. The molecule has 0 aliphatic carbocycles. The van der Waals surface area contributed by atoms with Gasteiger partial charge in [-0.05, 0) is 38.2 Å². The Balaban J connectivity index is 3.53. The summed E-state index contributed by atoms with van der Waals surface area (Å²) in [6, 6.07) is 0. The van der Waals surface area contributed by atoms with Crippen molar-refractivity contribution in [2.75, 3.05) is 0 Å². The molecule has 1 N–H and O–H groups in total. The number of carbonyl (C=O) groups excluding carboxylic acids is 1. The van der Waals surface area contributed by atoms with Gasteiger partial charge in [0.2, 0.25) is 6.29 Å². The van der Waals surface area contributed by atoms with Crippen LogP contribution in [-0.4, -0.2) is 17.4 Å². The van der Waals surface area contributed by atoms with E-state index in [9.17, 15) is 9.90 Å². The van der Waals surface area contributed by atoms with Gasteiger partial charge in [-0.1, -0.05) is 83.1 Å². The first-order chi connectivity index (χ1) is 12.7. The summed E-state index contributed by atoms with van der Waals surface area (Å²) in [4.78, 5) is 11.8. The van der Waals surface area contributed by atoms with Crippen molar-refractivity contribution < 1.29 is 14.6 Å². The molecular weight excluding hydrogens is 324 g/mol. The van der Waals surface area contributed by atoms with Gasteiger partial charge in [0.15, 0.2) is 0 Å². The average Bonchev–Trinajstić information content (AvgIpc) is 2.64. The quantitative estimate of drug-likeness (QED) is 0.131. The number of carbonyl (C=O) groups is 1. The molecule has 26 heavy (non-hydrogen) atoms. The Labute approximate surface area is 161 Å². The van der Waals surface area contributed by atoms with Crippen LogP contribution in [0, 0.1) is 5.92 Å². The molecule has 0 radical (unpaired) electrons. The van der Waals surface area contributed by atoms with Crippen LogP contribution in [0.4, 0.5) is 0 Å². The summed E-state index contributed by atoms with van der Waals surface area (Å²) in [6.07, 6.45) is 21.9. The minimum Gasteiger partial charge on any atom is -0.432 e. The van der Waals surface area contributed by atoms with Gasteiger partial charge in [-0.25, -0.2) is 0 Å². The maximum absolute atomic E-state index is 11.8. The lowest BCUT2D eigenvalue weighted by atomic mass is 10.0. The average molecular weight is 365 g/mol. The maximum atomic E-state index is 11.8.